The second-order valence-electron chi connectivity index (χ2n) is 4.60. The molecule has 19 heavy (non-hydrogen) atoms. The van der Waals surface area contributed by atoms with Crippen molar-refractivity contribution in [1.82, 2.24) is 19.7 Å². The maximum absolute atomic E-state index is 12.3. The Morgan fingerprint density at radius 3 is 3.16 bits per heavy atom. The van der Waals surface area contributed by atoms with Crippen molar-refractivity contribution in [3.8, 4) is 0 Å². The molecular formula is C12H15N5OS. The Labute approximate surface area is 114 Å². The number of aromatic nitrogens is 3. The van der Waals surface area contributed by atoms with Crippen LogP contribution in [0.25, 0.3) is 0 Å². The Morgan fingerprint density at radius 1 is 1.58 bits per heavy atom. The van der Waals surface area contributed by atoms with Crippen molar-refractivity contribution >= 4 is 23.2 Å². The summed E-state index contributed by atoms with van der Waals surface area (Å²) in [5.74, 6) is 0.266. The molecule has 1 unspecified atom stereocenters. The normalized spacial score (nSPS) is 18.9. The summed E-state index contributed by atoms with van der Waals surface area (Å²) >= 11 is 1.67. The Hall–Kier alpha value is -1.89. The molecule has 6 nitrogen and oxygen atoms in total. The molecule has 3 rings (SSSR count). The van der Waals surface area contributed by atoms with Gasteiger partial charge in [-0.25, -0.2) is 9.67 Å². The van der Waals surface area contributed by atoms with Crippen LogP contribution in [-0.2, 0) is 11.3 Å². The highest BCUT2D eigenvalue weighted by atomic mass is 32.1. The van der Waals surface area contributed by atoms with Gasteiger partial charge >= 0.3 is 0 Å². The Kier molecular flexibility index (Phi) is 3.20. The van der Waals surface area contributed by atoms with Gasteiger partial charge in [-0.15, -0.1) is 5.10 Å². The van der Waals surface area contributed by atoms with Gasteiger partial charge in [0.15, 0.2) is 0 Å². The van der Waals surface area contributed by atoms with Crippen LogP contribution in [0.15, 0.2) is 23.2 Å². The molecule has 0 saturated carbocycles. The molecule has 2 aromatic rings. The first-order valence-corrected chi connectivity index (χ1v) is 7.15. The molecule has 2 aromatic heterocycles. The van der Waals surface area contributed by atoms with E-state index in [-0.39, 0.29) is 24.4 Å². The Morgan fingerprint density at radius 2 is 2.47 bits per heavy atom. The number of anilines is 1. The molecule has 0 spiro atoms. The summed E-state index contributed by atoms with van der Waals surface area (Å²) in [7, 11) is 0. The van der Waals surface area contributed by atoms with Crippen molar-refractivity contribution in [1.29, 1.82) is 0 Å². The Balaban J connectivity index is 1.72. The molecule has 1 aliphatic rings. The van der Waals surface area contributed by atoms with E-state index in [0.29, 0.717) is 0 Å². The second-order valence-corrected chi connectivity index (χ2v) is 5.38. The standard InChI is InChI=1S/C12H15N5OS/c13-12-14-8-16(15-12)6-11(18)17-4-1-2-10(17)9-3-5-19-7-9/h3,5,7-8,10H,1-2,4,6H2,(H2,13,15). The van der Waals surface area contributed by atoms with Crippen LogP contribution in [0.3, 0.4) is 0 Å². The molecule has 1 saturated heterocycles. The third-order valence-electron chi connectivity index (χ3n) is 3.35. The molecule has 100 valence electrons. The summed E-state index contributed by atoms with van der Waals surface area (Å²) in [6.45, 7) is 1.01. The van der Waals surface area contributed by atoms with E-state index in [2.05, 4.69) is 26.9 Å². The van der Waals surface area contributed by atoms with E-state index >= 15 is 0 Å². The molecule has 7 heteroatoms. The van der Waals surface area contributed by atoms with Gasteiger partial charge in [0, 0.05) is 6.54 Å². The van der Waals surface area contributed by atoms with E-state index in [0.717, 1.165) is 19.4 Å². The fourth-order valence-electron chi connectivity index (χ4n) is 2.49. The number of nitrogens with zero attached hydrogens (tertiary/aromatic N) is 4. The quantitative estimate of drug-likeness (QED) is 0.917. The number of hydrogen-bond donors (Lipinski definition) is 1. The highest BCUT2D eigenvalue weighted by molar-refractivity contribution is 7.07. The number of amides is 1. The van der Waals surface area contributed by atoms with Crippen molar-refractivity contribution in [2.45, 2.75) is 25.4 Å². The highest BCUT2D eigenvalue weighted by Gasteiger charge is 2.30. The van der Waals surface area contributed by atoms with Crippen molar-refractivity contribution in [2.75, 3.05) is 12.3 Å². The van der Waals surface area contributed by atoms with Crippen LogP contribution < -0.4 is 5.73 Å². The lowest BCUT2D eigenvalue weighted by molar-refractivity contribution is -0.133. The average Bonchev–Trinajstić information content (AvgIpc) is 3.07. The van der Waals surface area contributed by atoms with Crippen LogP contribution in [0.5, 0.6) is 0 Å². The molecule has 1 amide bonds. The van der Waals surface area contributed by atoms with Gasteiger partial charge in [-0.1, -0.05) is 0 Å². The SMILES string of the molecule is Nc1ncn(CC(=O)N2CCCC2c2ccsc2)n1. The summed E-state index contributed by atoms with van der Waals surface area (Å²) in [5, 5.41) is 8.11. The van der Waals surface area contributed by atoms with E-state index in [1.807, 2.05) is 4.90 Å². The van der Waals surface area contributed by atoms with Crippen LogP contribution in [0.4, 0.5) is 5.95 Å². The largest absolute Gasteiger partial charge is 0.367 e. The number of nitrogens with two attached hydrogens (primary N) is 1. The van der Waals surface area contributed by atoms with Crippen LogP contribution in [0.1, 0.15) is 24.4 Å². The minimum Gasteiger partial charge on any atom is -0.367 e. The summed E-state index contributed by atoms with van der Waals surface area (Å²) < 4.78 is 1.49. The molecule has 0 bridgehead atoms. The van der Waals surface area contributed by atoms with E-state index in [1.54, 1.807) is 11.3 Å². The number of thiophene rings is 1. The first-order valence-electron chi connectivity index (χ1n) is 6.20. The van der Waals surface area contributed by atoms with Gasteiger partial charge in [0.25, 0.3) is 0 Å². The summed E-state index contributed by atoms with van der Waals surface area (Å²) in [5.41, 5.74) is 6.68. The zero-order valence-electron chi connectivity index (χ0n) is 10.4. The first kappa shape index (κ1) is 12.2. The third-order valence-corrected chi connectivity index (χ3v) is 4.05. The third kappa shape index (κ3) is 2.46. The van der Waals surface area contributed by atoms with Gasteiger partial charge in [0.2, 0.25) is 11.9 Å². The van der Waals surface area contributed by atoms with Gasteiger partial charge in [0.1, 0.15) is 12.9 Å². The monoisotopic (exact) mass is 277 g/mol. The number of nitrogen functional groups attached to an aromatic ring is 1. The first-order chi connectivity index (χ1) is 9.24. The predicted molar refractivity (Wildman–Crippen MR) is 72.4 cm³/mol. The van der Waals surface area contributed by atoms with E-state index < -0.39 is 0 Å². The lowest BCUT2D eigenvalue weighted by Gasteiger charge is -2.24. The van der Waals surface area contributed by atoms with Crippen molar-refractivity contribution in [3.05, 3.63) is 28.7 Å². The van der Waals surface area contributed by atoms with Crippen LogP contribution in [0, 0.1) is 0 Å². The van der Waals surface area contributed by atoms with Crippen LogP contribution >= 0.6 is 11.3 Å². The lowest BCUT2D eigenvalue weighted by atomic mass is 10.1. The topological polar surface area (TPSA) is 77.0 Å². The van der Waals surface area contributed by atoms with Gasteiger partial charge in [-0.2, -0.15) is 11.3 Å². The molecule has 1 atom stereocenters. The summed E-state index contributed by atoms with van der Waals surface area (Å²) in [4.78, 5) is 18.1. The van der Waals surface area contributed by atoms with E-state index in [1.165, 1.54) is 16.6 Å². The second kappa shape index (κ2) is 5.00. The molecule has 2 N–H and O–H groups in total. The summed E-state index contributed by atoms with van der Waals surface area (Å²) in [6, 6.07) is 2.30. The molecule has 0 radical (unpaired) electrons. The number of carbonyl (C=O) groups excluding carboxylic acids is 1. The lowest BCUT2D eigenvalue weighted by Crippen LogP contribution is -2.33. The zero-order chi connectivity index (χ0) is 13.2. The molecule has 1 fully saturated rings. The van der Waals surface area contributed by atoms with Gasteiger partial charge in [-0.05, 0) is 35.2 Å². The van der Waals surface area contributed by atoms with Gasteiger partial charge < -0.3 is 10.6 Å². The number of carbonyl (C=O) groups is 1. The van der Waals surface area contributed by atoms with E-state index in [4.69, 9.17) is 5.73 Å². The predicted octanol–water partition coefficient (Wildman–Crippen LogP) is 1.29. The molecule has 0 aromatic carbocycles. The smallest absolute Gasteiger partial charge is 0.244 e. The molecule has 3 heterocycles. The fraction of sp³-hybridized carbons (Fsp3) is 0.417. The number of rotatable bonds is 3. The minimum atomic E-state index is 0.0681. The molecule has 1 aliphatic heterocycles. The molecule has 0 aliphatic carbocycles. The highest BCUT2D eigenvalue weighted by Crippen LogP contribution is 2.33. The summed E-state index contributed by atoms with van der Waals surface area (Å²) in [6.07, 6.45) is 3.57. The van der Waals surface area contributed by atoms with Crippen molar-refractivity contribution < 1.29 is 4.79 Å². The number of likely N-dealkylation sites (tertiary alicyclic amines) is 1. The minimum absolute atomic E-state index is 0.0681. The van der Waals surface area contributed by atoms with Crippen molar-refractivity contribution in [3.63, 3.8) is 0 Å². The van der Waals surface area contributed by atoms with Gasteiger partial charge in [-0.3, -0.25) is 4.79 Å². The van der Waals surface area contributed by atoms with E-state index in [9.17, 15) is 4.79 Å². The number of hydrogen-bond acceptors (Lipinski definition) is 5. The van der Waals surface area contributed by atoms with Gasteiger partial charge in [0.05, 0.1) is 6.04 Å². The molecular weight excluding hydrogens is 262 g/mol. The fourth-order valence-corrected chi connectivity index (χ4v) is 3.20. The Bertz CT molecular complexity index is 564. The zero-order valence-corrected chi connectivity index (χ0v) is 11.2. The van der Waals surface area contributed by atoms with Crippen LogP contribution in [0.2, 0.25) is 0 Å². The van der Waals surface area contributed by atoms with Crippen LogP contribution in [-0.4, -0.2) is 32.1 Å². The average molecular weight is 277 g/mol. The maximum Gasteiger partial charge on any atom is 0.244 e. The maximum atomic E-state index is 12.3. The van der Waals surface area contributed by atoms with Crippen molar-refractivity contribution in [2.24, 2.45) is 0 Å².